The number of rotatable bonds is 9. The molecule has 0 radical (unpaired) electrons. The normalized spacial score (nSPS) is 13.2. The van der Waals surface area contributed by atoms with Gasteiger partial charge in [0.25, 0.3) is 0 Å². The van der Waals surface area contributed by atoms with Crippen molar-refractivity contribution < 1.29 is 0 Å². The first kappa shape index (κ1) is 16.2. The Morgan fingerprint density at radius 3 is 2.42 bits per heavy atom. The maximum Gasteiger partial charge on any atom is 0.0206 e. The minimum atomic E-state index is 0.610. The average molecular weight is 263 g/mol. The van der Waals surface area contributed by atoms with E-state index in [0.29, 0.717) is 6.04 Å². The first-order valence-corrected chi connectivity index (χ1v) is 7.27. The number of benzene rings is 1. The molecule has 19 heavy (non-hydrogen) atoms. The fourth-order valence-corrected chi connectivity index (χ4v) is 2.39. The third-order valence-electron chi connectivity index (χ3n) is 3.41. The van der Waals surface area contributed by atoms with Gasteiger partial charge in [-0.1, -0.05) is 37.3 Å². The summed E-state index contributed by atoms with van der Waals surface area (Å²) >= 11 is 0. The molecule has 0 fully saturated rings. The van der Waals surface area contributed by atoms with Crippen molar-refractivity contribution in [2.75, 3.05) is 40.3 Å². The highest BCUT2D eigenvalue weighted by Crippen LogP contribution is 2.00. The van der Waals surface area contributed by atoms with Crippen molar-refractivity contribution in [3.63, 3.8) is 0 Å². The molecule has 0 aliphatic heterocycles. The molecule has 0 aliphatic carbocycles. The second-order valence-electron chi connectivity index (χ2n) is 5.40. The third kappa shape index (κ3) is 6.71. The zero-order valence-electron chi connectivity index (χ0n) is 12.9. The molecule has 1 atom stereocenters. The quantitative estimate of drug-likeness (QED) is 0.688. The van der Waals surface area contributed by atoms with Gasteiger partial charge in [0.1, 0.15) is 0 Å². The molecule has 3 nitrogen and oxygen atoms in total. The van der Waals surface area contributed by atoms with Crippen molar-refractivity contribution in [3.8, 4) is 0 Å². The van der Waals surface area contributed by atoms with Crippen LogP contribution in [0.5, 0.6) is 0 Å². The Hall–Kier alpha value is -0.900. The van der Waals surface area contributed by atoms with Crippen LogP contribution in [0.25, 0.3) is 0 Å². The van der Waals surface area contributed by atoms with E-state index in [4.69, 9.17) is 0 Å². The Balaban J connectivity index is 2.22. The number of nitrogens with zero attached hydrogens (tertiary/aromatic N) is 2. The van der Waals surface area contributed by atoms with Crippen molar-refractivity contribution in [2.45, 2.75) is 26.4 Å². The van der Waals surface area contributed by atoms with Crippen LogP contribution in [0.15, 0.2) is 30.3 Å². The van der Waals surface area contributed by atoms with Crippen LogP contribution in [0.1, 0.15) is 19.4 Å². The number of nitrogens with one attached hydrogen (secondary N) is 1. The van der Waals surface area contributed by atoms with Gasteiger partial charge in [-0.2, -0.15) is 0 Å². The standard InChI is InChI=1S/C16H29N3/c1-5-19(15(2)14-18(3)4)12-11-17-13-16-9-7-6-8-10-16/h6-10,15,17H,5,11-14H2,1-4H3. The van der Waals surface area contributed by atoms with Gasteiger partial charge in [0, 0.05) is 32.2 Å². The van der Waals surface area contributed by atoms with Gasteiger partial charge < -0.3 is 10.2 Å². The van der Waals surface area contributed by atoms with E-state index in [1.807, 2.05) is 0 Å². The molecule has 1 N–H and O–H groups in total. The van der Waals surface area contributed by atoms with E-state index < -0.39 is 0 Å². The van der Waals surface area contributed by atoms with Gasteiger partial charge in [-0.25, -0.2) is 0 Å². The topological polar surface area (TPSA) is 18.5 Å². The van der Waals surface area contributed by atoms with Gasteiger partial charge in [0.15, 0.2) is 0 Å². The Morgan fingerprint density at radius 1 is 1.16 bits per heavy atom. The Kier molecular flexibility index (Phi) is 7.72. The van der Waals surface area contributed by atoms with Crippen LogP contribution in [0.4, 0.5) is 0 Å². The van der Waals surface area contributed by atoms with Gasteiger partial charge in [-0.15, -0.1) is 0 Å². The molecule has 0 spiro atoms. The van der Waals surface area contributed by atoms with Gasteiger partial charge >= 0.3 is 0 Å². The summed E-state index contributed by atoms with van der Waals surface area (Å²) in [6.07, 6.45) is 0. The fraction of sp³-hybridized carbons (Fsp3) is 0.625. The minimum Gasteiger partial charge on any atom is -0.311 e. The molecular weight excluding hydrogens is 234 g/mol. The van der Waals surface area contributed by atoms with E-state index in [0.717, 1.165) is 32.7 Å². The predicted molar refractivity (Wildman–Crippen MR) is 83.4 cm³/mol. The van der Waals surface area contributed by atoms with Gasteiger partial charge in [-0.3, -0.25) is 4.90 Å². The SMILES string of the molecule is CCN(CCNCc1ccccc1)C(C)CN(C)C. The molecule has 1 unspecified atom stereocenters. The lowest BCUT2D eigenvalue weighted by Gasteiger charge is -2.30. The highest BCUT2D eigenvalue weighted by atomic mass is 15.2. The summed E-state index contributed by atoms with van der Waals surface area (Å²) in [6, 6.07) is 11.2. The maximum atomic E-state index is 3.52. The minimum absolute atomic E-state index is 0.610. The summed E-state index contributed by atoms with van der Waals surface area (Å²) in [5, 5.41) is 3.52. The molecule has 0 amide bonds. The first-order valence-electron chi connectivity index (χ1n) is 7.27. The van der Waals surface area contributed by atoms with Crippen molar-refractivity contribution in [1.82, 2.24) is 15.1 Å². The van der Waals surface area contributed by atoms with Crippen molar-refractivity contribution in [2.24, 2.45) is 0 Å². The van der Waals surface area contributed by atoms with E-state index in [1.165, 1.54) is 5.56 Å². The summed E-state index contributed by atoms with van der Waals surface area (Å²) in [7, 11) is 4.27. The molecule has 1 aromatic rings. The highest BCUT2D eigenvalue weighted by Gasteiger charge is 2.11. The van der Waals surface area contributed by atoms with Gasteiger partial charge in [0.05, 0.1) is 0 Å². The number of hydrogen-bond acceptors (Lipinski definition) is 3. The summed E-state index contributed by atoms with van der Waals surface area (Å²) in [5.74, 6) is 0. The van der Waals surface area contributed by atoms with Gasteiger partial charge in [0.2, 0.25) is 0 Å². The lowest BCUT2D eigenvalue weighted by molar-refractivity contribution is 0.182. The monoisotopic (exact) mass is 263 g/mol. The lowest BCUT2D eigenvalue weighted by Crippen LogP contribution is -2.43. The largest absolute Gasteiger partial charge is 0.311 e. The van der Waals surface area contributed by atoms with E-state index >= 15 is 0 Å². The summed E-state index contributed by atoms with van der Waals surface area (Å²) < 4.78 is 0. The fourth-order valence-electron chi connectivity index (χ4n) is 2.39. The van der Waals surface area contributed by atoms with Crippen LogP contribution in [0, 0.1) is 0 Å². The van der Waals surface area contributed by atoms with Crippen LogP contribution in [0.3, 0.4) is 0 Å². The van der Waals surface area contributed by atoms with Crippen molar-refractivity contribution in [3.05, 3.63) is 35.9 Å². The molecule has 108 valence electrons. The summed E-state index contributed by atoms with van der Waals surface area (Å²) in [5.41, 5.74) is 1.35. The molecule has 1 aromatic carbocycles. The molecular formula is C16H29N3. The van der Waals surface area contributed by atoms with Crippen molar-refractivity contribution >= 4 is 0 Å². The molecule has 0 aliphatic rings. The van der Waals surface area contributed by atoms with Crippen LogP contribution < -0.4 is 5.32 Å². The summed E-state index contributed by atoms with van der Waals surface area (Å²) in [4.78, 5) is 4.78. The van der Waals surface area contributed by atoms with Crippen LogP contribution in [-0.4, -0.2) is 56.1 Å². The lowest BCUT2D eigenvalue weighted by atomic mass is 10.2. The van der Waals surface area contributed by atoms with Crippen molar-refractivity contribution in [1.29, 1.82) is 0 Å². The highest BCUT2D eigenvalue weighted by molar-refractivity contribution is 5.14. The van der Waals surface area contributed by atoms with Crippen LogP contribution in [0.2, 0.25) is 0 Å². The molecule has 0 saturated carbocycles. The zero-order valence-corrected chi connectivity index (χ0v) is 12.9. The Bertz CT molecular complexity index is 324. The number of hydrogen-bond donors (Lipinski definition) is 1. The molecule has 0 saturated heterocycles. The second kappa shape index (κ2) is 9.08. The second-order valence-corrected chi connectivity index (χ2v) is 5.40. The van der Waals surface area contributed by atoms with Gasteiger partial charge in [-0.05, 0) is 33.1 Å². The average Bonchev–Trinajstić information content (AvgIpc) is 2.39. The third-order valence-corrected chi connectivity index (χ3v) is 3.41. The molecule has 0 aromatic heterocycles. The van der Waals surface area contributed by atoms with Crippen LogP contribution in [-0.2, 0) is 6.54 Å². The zero-order chi connectivity index (χ0) is 14.1. The van der Waals surface area contributed by atoms with E-state index in [2.05, 4.69) is 73.4 Å². The molecule has 0 bridgehead atoms. The first-order chi connectivity index (χ1) is 9.13. The molecule has 3 heteroatoms. The molecule has 1 rings (SSSR count). The van der Waals surface area contributed by atoms with E-state index in [-0.39, 0.29) is 0 Å². The van der Waals surface area contributed by atoms with Crippen LogP contribution >= 0.6 is 0 Å². The maximum absolute atomic E-state index is 3.52. The Morgan fingerprint density at radius 2 is 1.84 bits per heavy atom. The Labute approximate surface area is 118 Å². The van der Waals surface area contributed by atoms with E-state index in [9.17, 15) is 0 Å². The number of likely N-dealkylation sites (N-methyl/N-ethyl adjacent to an activating group) is 2. The smallest absolute Gasteiger partial charge is 0.0206 e. The molecule has 0 heterocycles. The summed E-state index contributed by atoms with van der Waals surface area (Å²) in [6.45, 7) is 9.89. The van der Waals surface area contributed by atoms with E-state index in [1.54, 1.807) is 0 Å². The predicted octanol–water partition coefficient (Wildman–Crippen LogP) is 2.05.